The van der Waals surface area contributed by atoms with Crippen molar-refractivity contribution in [3.63, 3.8) is 0 Å². The number of unbranched alkanes of at least 4 members (excludes halogenated alkanes) is 7. The lowest BCUT2D eigenvalue weighted by Gasteiger charge is -2.36. The molecule has 3 heterocycles. The van der Waals surface area contributed by atoms with Crippen molar-refractivity contribution in [2.24, 2.45) is 16.7 Å². The van der Waals surface area contributed by atoms with E-state index in [0.717, 1.165) is 55.9 Å². The van der Waals surface area contributed by atoms with E-state index in [1.165, 1.54) is 12.8 Å². The molecule has 1 unspecified atom stereocenters. The highest BCUT2D eigenvalue weighted by atomic mass is 16.5. The first kappa shape index (κ1) is 32.3. The van der Waals surface area contributed by atoms with Crippen LogP contribution >= 0.6 is 0 Å². The maximum absolute atomic E-state index is 12.5. The van der Waals surface area contributed by atoms with Gasteiger partial charge in [0.25, 0.3) is 0 Å². The Morgan fingerprint density at radius 1 is 0.902 bits per heavy atom. The summed E-state index contributed by atoms with van der Waals surface area (Å²) in [5.74, 6) is 0.292. The summed E-state index contributed by atoms with van der Waals surface area (Å²) in [5, 5.41) is 0.747. The molecule has 1 atom stereocenters. The van der Waals surface area contributed by atoms with Gasteiger partial charge in [0.05, 0.1) is 24.7 Å². The van der Waals surface area contributed by atoms with E-state index in [4.69, 9.17) is 13.9 Å². The number of hydrogen-bond donors (Lipinski definition) is 0. The van der Waals surface area contributed by atoms with Crippen LogP contribution in [0.3, 0.4) is 0 Å². The summed E-state index contributed by atoms with van der Waals surface area (Å²) in [6, 6.07) is 7.02. The molecule has 7 heteroatoms. The average Bonchev–Trinajstić information content (AvgIpc) is 2.91. The fourth-order valence-electron chi connectivity index (χ4n) is 5.39. The Morgan fingerprint density at radius 3 is 2.15 bits per heavy atom. The molecule has 0 aliphatic rings. The van der Waals surface area contributed by atoms with Gasteiger partial charge in [0.1, 0.15) is 5.58 Å². The van der Waals surface area contributed by atoms with Gasteiger partial charge < -0.3 is 13.9 Å². The molecule has 0 saturated heterocycles. The van der Waals surface area contributed by atoms with Gasteiger partial charge >= 0.3 is 11.6 Å². The number of fused-ring (bicyclic) bond motifs is 1. The lowest BCUT2D eigenvalue weighted by atomic mass is 9.69. The SMILES string of the molecule is CC(C(=O)OCCCCCCCCCCOc1cc2oc(=O)c(-c3ccncc3)cc2cn1)C(C)(C)CC(C)(C)C. The Kier molecular flexibility index (Phi) is 11.9. The van der Waals surface area contributed by atoms with E-state index in [1.807, 2.05) is 6.92 Å². The van der Waals surface area contributed by atoms with Gasteiger partial charge in [-0.25, -0.2) is 9.78 Å². The van der Waals surface area contributed by atoms with E-state index in [0.29, 0.717) is 30.2 Å². The van der Waals surface area contributed by atoms with Crippen LogP contribution < -0.4 is 10.4 Å². The predicted molar refractivity (Wildman–Crippen MR) is 164 cm³/mol. The third-order valence-electron chi connectivity index (χ3n) is 7.63. The fraction of sp³-hybridized carbons (Fsp3) is 0.588. The number of ether oxygens (including phenoxy) is 2. The molecule has 0 aliphatic carbocycles. The topological polar surface area (TPSA) is 91.5 Å². The molecule has 224 valence electrons. The minimum Gasteiger partial charge on any atom is -0.478 e. The van der Waals surface area contributed by atoms with E-state index in [2.05, 4.69) is 44.6 Å². The van der Waals surface area contributed by atoms with Gasteiger partial charge in [-0.2, -0.15) is 0 Å². The molecule has 3 aromatic rings. The Labute approximate surface area is 245 Å². The second kappa shape index (κ2) is 15.1. The first-order chi connectivity index (χ1) is 19.5. The van der Waals surface area contributed by atoms with Crippen LogP contribution in [0.5, 0.6) is 5.88 Å². The normalized spacial score (nSPS) is 12.8. The zero-order chi connectivity index (χ0) is 29.9. The van der Waals surface area contributed by atoms with Crippen LogP contribution in [-0.2, 0) is 9.53 Å². The van der Waals surface area contributed by atoms with E-state index in [1.54, 1.807) is 42.9 Å². The third kappa shape index (κ3) is 10.6. The van der Waals surface area contributed by atoms with Gasteiger partial charge in [0.15, 0.2) is 0 Å². The zero-order valence-corrected chi connectivity index (χ0v) is 25.8. The zero-order valence-electron chi connectivity index (χ0n) is 25.8. The molecule has 3 rings (SSSR count). The molecule has 3 aromatic heterocycles. The number of pyridine rings is 2. The number of aromatic nitrogens is 2. The second-order valence-corrected chi connectivity index (χ2v) is 13.0. The molecule has 0 radical (unpaired) electrons. The Balaban J connectivity index is 1.24. The van der Waals surface area contributed by atoms with Crippen LogP contribution in [0, 0.1) is 16.7 Å². The molecule has 0 amide bonds. The minimum atomic E-state index is -0.396. The molecular formula is C34H48N2O5. The number of carbonyl (C=O) groups is 1. The van der Waals surface area contributed by atoms with Crippen molar-refractivity contribution < 1.29 is 18.7 Å². The predicted octanol–water partition coefficient (Wildman–Crippen LogP) is 8.39. The Hall–Kier alpha value is -3.22. The van der Waals surface area contributed by atoms with Gasteiger partial charge in [-0.05, 0) is 53.9 Å². The molecule has 0 aliphatic heterocycles. The lowest BCUT2D eigenvalue weighted by Crippen LogP contribution is -2.33. The van der Waals surface area contributed by atoms with Crippen molar-refractivity contribution in [1.82, 2.24) is 9.97 Å². The number of rotatable bonds is 16. The number of hydrogen-bond acceptors (Lipinski definition) is 7. The van der Waals surface area contributed by atoms with Crippen LogP contribution in [0.15, 0.2) is 52.1 Å². The standard InChI is InChI=1S/C34H48N2O5/c1-25(34(5,6)24-33(2,3)4)31(37)40-20-14-12-10-8-7-9-11-13-19-39-30-22-29-27(23-36-30)21-28(32(38)41-29)26-15-17-35-18-16-26/h15-18,21-23,25H,7-14,19-20,24H2,1-6H3. The van der Waals surface area contributed by atoms with Crippen LogP contribution in [0.25, 0.3) is 22.1 Å². The maximum atomic E-state index is 12.5. The quantitative estimate of drug-likeness (QED) is 0.127. The van der Waals surface area contributed by atoms with Crippen molar-refractivity contribution >= 4 is 16.9 Å². The molecular weight excluding hydrogens is 516 g/mol. The Bertz CT molecular complexity index is 1290. The first-order valence-electron chi connectivity index (χ1n) is 15.1. The number of carbonyl (C=O) groups excluding carboxylic acids is 1. The largest absolute Gasteiger partial charge is 0.478 e. The molecule has 7 nitrogen and oxygen atoms in total. The number of esters is 1. The van der Waals surface area contributed by atoms with Crippen molar-refractivity contribution in [2.45, 2.75) is 99.3 Å². The highest BCUT2D eigenvalue weighted by Crippen LogP contribution is 2.39. The van der Waals surface area contributed by atoms with Gasteiger partial charge in [-0.3, -0.25) is 9.78 Å². The average molecular weight is 565 g/mol. The second-order valence-electron chi connectivity index (χ2n) is 13.0. The Morgan fingerprint density at radius 2 is 1.51 bits per heavy atom. The monoisotopic (exact) mass is 564 g/mol. The molecule has 0 saturated carbocycles. The first-order valence-corrected chi connectivity index (χ1v) is 15.1. The minimum absolute atomic E-state index is 0.0694. The molecule has 0 spiro atoms. The summed E-state index contributed by atoms with van der Waals surface area (Å²) in [4.78, 5) is 33.3. The van der Waals surface area contributed by atoms with Crippen LogP contribution in [0.1, 0.15) is 99.3 Å². The van der Waals surface area contributed by atoms with Crippen molar-refractivity contribution in [3.8, 4) is 17.0 Å². The lowest BCUT2D eigenvalue weighted by molar-refractivity contribution is -0.152. The summed E-state index contributed by atoms with van der Waals surface area (Å²) in [6.45, 7) is 14.1. The van der Waals surface area contributed by atoms with Crippen molar-refractivity contribution in [2.75, 3.05) is 13.2 Å². The van der Waals surface area contributed by atoms with E-state index in [9.17, 15) is 9.59 Å². The summed E-state index contributed by atoms with van der Waals surface area (Å²) in [7, 11) is 0. The van der Waals surface area contributed by atoms with Crippen LogP contribution in [-0.4, -0.2) is 29.2 Å². The fourth-order valence-corrected chi connectivity index (χ4v) is 5.39. The summed E-state index contributed by atoms with van der Waals surface area (Å²) in [6.07, 6.45) is 14.7. The molecule has 41 heavy (non-hydrogen) atoms. The van der Waals surface area contributed by atoms with E-state index in [-0.39, 0.29) is 22.7 Å². The van der Waals surface area contributed by atoms with Crippen LogP contribution in [0.4, 0.5) is 0 Å². The van der Waals surface area contributed by atoms with Crippen molar-refractivity contribution in [1.29, 1.82) is 0 Å². The third-order valence-corrected chi connectivity index (χ3v) is 7.63. The van der Waals surface area contributed by atoms with E-state index < -0.39 is 5.63 Å². The van der Waals surface area contributed by atoms with E-state index >= 15 is 0 Å². The van der Waals surface area contributed by atoms with Crippen molar-refractivity contribution in [3.05, 3.63) is 53.3 Å². The van der Waals surface area contributed by atoms with Gasteiger partial charge in [-0.1, -0.05) is 80.1 Å². The number of nitrogens with zero attached hydrogens (tertiary/aromatic N) is 2. The van der Waals surface area contributed by atoms with Gasteiger partial charge in [0.2, 0.25) is 5.88 Å². The highest BCUT2D eigenvalue weighted by molar-refractivity contribution is 5.81. The smallest absolute Gasteiger partial charge is 0.344 e. The highest BCUT2D eigenvalue weighted by Gasteiger charge is 2.35. The molecule has 0 aromatic carbocycles. The van der Waals surface area contributed by atoms with Gasteiger partial charge in [0, 0.05) is 30.0 Å². The summed E-state index contributed by atoms with van der Waals surface area (Å²) in [5.41, 5.74) is 1.43. The van der Waals surface area contributed by atoms with Crippen LogP contribution in [0.2, 0.25) is 0 Å². The summed E-state index contributed by atoms with van der Waals surface area (Å²) >= 11 is 0. The molecule has 0 N–H and O–H groups in total. The summed E-state index contributed by atoms with van der Waals surface area (Å²) < 4.78 is 16.9. The van der Waals surface area contributed by atoms with Gasteiger partial charge in [-0.15, -0.1) is 0 Å². The molecule has 0 bridgehead atoms. The molecule has 0 fully saturated rings. The maximum Gasteiger partial charge on any atom is 0.344 e.